The number of fused-ring (bicyclic) bond motifs is 1. The first-order valence-corrected chi connectivity index (χ1v) is 9.56. The van der Waals surface area contributed by atoms with Crippen molar-refractivity contribution in [3.8, 4) is 0 Å². The average molecular weight is 393 g/mol. The number of anilines is 1. The number of benzodiazepines with no additional fused rings is 1. The van der Waals surface area contributed by atoms with E-state index in [1.54, 1.807) is 59.3 Å². The lowest BCUT2D eigenvalue weighted by Gasteiger charge is -2.22. The number of hydrogen-bond acceptors (Lipinski definition) is 5. The van der Waals surface area contributed by atoms with Crippen LogP contribution in [0.5, 0.6) is 0 Å². The summed E-state index contributed by atoms with van der Waals surface area (Å²) in [7, 11) is 0. The van der Waals surface area contributed by atoms with Crippen LogP contribution in [0, 0.1) is 5.82 Å². The Labute approximate surface area is 164 Å². The molecule has 0 aliphatic carbocycles. The zero-order chi connectivity index (χ0) is 19.7. The van der Waals surface area contributed by atoms with Gasteiger partial charge in [-0.05, 0) is 29.6 Å². The van der Waals surface area contributed by atoms with Gasteiger partial charge in [-0.1, -0.05) is 30.3 Å². The summed E-state index contributed by atoms with van der Waals surface area (Å²) >= 11 is 1.35. The number of hydrogen-bond donors (Lipinski definition) is 1. The van der Waals surface area contributed by atoms with Gasteiger partial charge in [-0.15, -0.1) is 0 Å². The molecule has 0 spiro atoms. The SMILES string of the molecule is NCN1C(=O)C(C(=O)c2ccsc2)N=C(c2ccccc2F)c2ccccc21. The molecule has 0 saturated carbocycles. The first-order valence-electron chi connectivity index (χ1n) is 8.61. The van der Waals surface area contributed by atoms with Crippen LogP contribution in [0.15, 0.2) is 70.3 Å². The van der Waals surface area contributed by atoms with E-state index in [4.69, 9.17) is 5.73 Å². The highest BCUT2D eigenvalue weighted by molar-refractivity contribution is 7.08. The van der Waals surface area contributed by atoms with Crippen LogP contribution in [0.3, 0.4) is 0 Å². The van der Waals surface area contributed by atoms with Gasteiger partial charge in [-0.2, -0.15) is 11.3 Å². The minimum atomic E-state index is -1.33. The maximum Gasteiger partial charge on any atom is 0.260 e. The fourth-order valence-corrected chi connectivity index (χ4v) is 3.86. The Hall–Kier alpha value is -3.16. The second-order valence-electron chi connectivity index (χ2n) is 6.20. The molecule has 0 saturated heterocycles. The van der Waals surface area contributed by atoms with Crippen molar-refractivity contribution < 1.29 is 14.0 Å². The van der Waals surface area contributed by atoms with E-state index in [1.165, 1.54) is 22.3 Å². The summed E-state index contributed by atoms with van der Waals surface area (Å²) in [6, 6.07) is 13.5. The molecule has 1 aliphatic rings. The molecule has 1 atom stereocenters. The van der Waals surface area contributed by atoms with Gasteiger partial charge in [0, 0.05) is 22.1 Å². The number of carbonyl (C=O) groups excluding carboxylic acids is 2. The van der Waals surface area contributed by atoms with Gasteiger partial charge in [-0.25, -0.2) is 4.39 Å². The van der Waals surface area contributed by atoms with Crippen molar-refractivity contribution in [3.63, 3.8) is 0 Å². The van der Waals surface area contributed by atoms with Crippen molar-refractivity contribution in [2.24, 2.45) is 10.7 Å². The molecule has 1 aliphatic heterocycles. The summed E-state index contributed by atoms with van der Waals surface area (Å²) in [6.45, 7) is -0.122. The zero-order valence-electron chi connectivity index (χ0n) is 14.7. The minimum Gasteiger partial charge on any atom is -0.313 e. The quantitative estimate of drug-likeness (QED) is 0.546. The van der Waals surface area contributed by atoms with Crippen molar-refractivity contribution in [1.29, 1.82) is 0 Å². The van der Waals surface area contributed by atoms with Crippen molar-refractivity contribution in [2.45, 2.75) is 6.04 Å². The zero-order valence-corrected chi connectivity index (χ0v) is 15.5. The number of thiophene rings is 1. The van der Waals surface area contributed by atoms with Crippen LogP contribution >= 0.6 is 11.3 Å². The molecule has 0 bridgehead atoms. The molecule has 2 heterocycles. The van der Waals surface area contributed by atoms with Crippen molar-refractivity contribution in [1.82, 2.24) is 0 Å². The van der Waals surface area contributed by atoms with Crippen molar-refractivity contribution in [3.05, 3.63) is 87.9 Å². The lowest BCUT2D eigenvalue weighted by Crippen LogP contribution is -2.44. The Morgan fingerprint density at radius 2 is 1.82 bits per heavy atom. The molecular formula is C21H16FN3O2S. The predicted molar refractivity (Wildman–Crippen MR) is 107 cm³/mol. The van der Waals surface area contributed by atoms with Gasteiger partial charge in [0.15, 0.2) is 11.8 Å². The maximum absolute atomic E-state index is 14.6. The number of rotatable bonds is 4. The Morgan fingerprint density at radius 3 is 2.50 bits per heavy atom. The van der Waals surface area contributed by atoms with E-state index in [1.807, 2.05) is 0 Å². The van der Waals surface area contributed by atoms with Crippen LogP contribution in [0.25, 0.3) is 0 Å². The average Bonchev–Trinajstić information content (AvgIpc) is 3.21. The van der Waals surface area contributed by atoms with E-state index in [9.17, 15) is 14.0 Å². The number of Topliss-reactive ketones (excluding diaryl/α,β-unsaturated/α-hetero) is 1. The van der Waals surface area contributed by atoms with Gasteiger partial charge in [0.1, 0.15) is 5.82 Å². The summed E-state index contributed by atoms with van der Waals surface area (Å²) in [6.07, 6.45) is 0. The third-order valence-electron chi connectivity index (χ3n) is 4.57. The lowest BCUT2D eigenvalue weighted by molar-refractivity contribution is -0.118. The monoisotopic (exact) mass is 393 g/mol. The fourth-order valence-electron chi connectivity index (χ4n) is 3.22. The summed E-state index contributed by atoms with van der Waals surface area (Å²) in [5.41, 5.74) is 7.76. The third kappa shape index (κ3) is 3.04. The maximum atomic E-state index is 14.6. The molecule has 0 fully saturated rings. The molecule has 1 aromatic heterocycles. The minimum absolute atomic E-state index is 0.122. The number of benzene rings is 2. The molecule has 7 heteroatoms. The molecule has 4 rings (SSSR count). The van der Waals surface area contributed by atoms with E-state index in [-0.39, 0.29) is 17.9 Å². The number of carbonyl (C=O) groups is 2. The Bertz CT molecular complexity index is 1080. The normalized spacial score (nSPS) is 16.4. The van der Waals surface area contributed by atoms with Crippen molar-refractivity contribution in [2.75, 3.05) is 11.6 Å². The topological polar surface area (TPSA) is 75.8 Å². The van der Waals surface area contributed by atoms with Gasteiger partial charge in [-0.3, -0.25) is 19.5 Å². The Balaban J connectivity index is 1.96. The first-order chi connectivity index (χ1) is 13.6. The summed E-state index contributed by atoms with van der Waals surface area (Å²) in [5.74, 6) is -1.45. The largest absolute Gasteiger partial charge is 0.313 e. The summed E-state index contributed by atoms with van der Waals surface area (Å²) in [5, 5.41) is 3.42. The molecule has 2 aromatic carbocycles. The van der Waals surface area contributed by atoms with Gasteiger partial charge >= 0.3 is 0 Å². The molecule has 5 nitrogen and oxygen atoms in total. The number of amides is 1. The van der Waals surface area contributed by atoms with Gasteiger partial charge in [0.25, 0.3) is 5.91 Å². The van der Waals surface area contributed by atoms with Crippen LogP contribution < -0.4 is 10.6 Å². The number of nitrogens with two attached hydrogens (primary N) is 1. The highest BCUT2D eigenvalue weighted by Gasteiger charge is 2.36. The third-order valence-corrected chi connectivity index (χ3v) is 5.26. The van der Waals surface area contributed by atoms with E-state index >= 15 is 0 Å². The second-order valence-corrected chi connectivity index (χ2v) is 6.98. The summed E-state index contributed by atoms with van der Waals surface area (Å²) < 4.78 is 14.6. The van der Waals surface area contributed by atoms with Crippen LogP contribution in [0.1, 0.15) is 21.5 Å². The van der Waals surface area contributed by atoms with E-state index in [2.05, 4.69) is 4.99 Å². The van der Waals surface area contributed by atoms with E-state index in [0.29, 0.717) is 16.8 Å². The van der Waals surface area contributed by atoms with Gasteiger partial charge < -0.3 is 5.73 Å². The molecule has 1 amide bonds. The molecule has 2 N–H and O–H groups in total. The highest BCUT2D eigenvalue weighted by atomic mass is 32.1. The van der Waals surface area contributed by atoms with Crippen LogP contribution in [-0.2, 0) is 4.79 Å². The fraction of sp³-hybridized carbons (Fsp3) is 0.0952. The molecule has 28 heavy (non-hydrogen) atoms. The first kappa shape index (κ1) is 18.2. The number of halogens is 1. The smallest absolute Gasteiger partial charge is 0.260 e. The Kier molecular flexibility index (Phi) is 4.85. The van der Waals surface area contributed by atoms with Gasteiger partial charge in [0.2, 0.25) is 0 Å². The van der Waals surface area contributed by atoms with Crippen molar-refractivity contribution >= 4 is 34.4 Å². The van der Waals surface area contributed by atoms with Crippen LogP contribution in [-0.4, -0.2) is 30.1 Å². The van der Waals surface area contributed by atoms with E-state index < -0.39 is 23.5 Å². The standard InChI is InChI=1S/C21H16FN3O2S/c22-16-7-3-1-5-14(16)18-15-6-2-4-8-17(15)25(12-23)21(27)19(24-18)20(26)13-9-10-28-11-13/h1-11,19H,12,23H2. The number of aliphatic imine (C=N–C) groups is 1. The predicted octanol–water partition coefficient (Wildman–Crippen LogP) is 3.24. The van der Waals surface area contributed by atoms with Gasteiger partial charge in [0.05, 0.1) is 18.1 Å². The lowest BCUT2D eigenvalue weighted by atomic mass is 9.99. The molecular weight excluding hydrogens is 377 g/mol. The van der Waals surface area contributed by atoms with Crippen LogP contribution in [0.4, 0.5) is 10.1 Å². The van der Waals surface area contributed by atoms with E-state index in [0.717, 1.165) is 0 Å². The number of nitrogens with zero attached hydrogens (tertiary/aromatic N) is 2. The second kappa shape index (κ2) is 7.46. The highest BCUT2D eigenvalue weighted by Crippen LogP contribution is 2.29. The number of ketones is 1. The van der Waals surface area contributed by atoms with Crippen LogP contribution in [0.2, 0.25) is 0 Å². The molecule has 3 aromatic rings. The summed E-state index contributed by atoms with van der Waals surface area (Å²) in [4.78, 5) is 32.0. The molecule has 140 valence electrons. The Morgan fingerprint density at radius 1 is 1.11 bits per heavy atom. The molecule has 0 radical (unpaired) electrons. The molecule has 1 unspecified atom stereocenters. The number of para-hydroxylation sites is 1.